The van der Waals surface area contributed by atoms with E-state index < -0.39 is 5.91 Å². The van der Waals surface area contributed by atoms with E-state index in [9.17, 15) is 9.59 Å². The second-order valence-electron chi connectivity index (χ2n) is 8.13. The summed E-state index contributed by atoms with van der Waals surface area (Å²) in [5, 5.41) is 6.09. The fraction of sp³-hybridized carbons (Fsp3) is 0.111. The maximum absolute atomic E-state index is 13.0. The Morgan fingerprint density at radius 3 is 2.55 bits per heavy atom. The summed E-state index contributed by atoms with van der Waals surface area (Å²) in [6.07, 6.45) is 1.94. The smallest absolute Gasteiger partial charge is 0.283 e. The zero-order valence-electron chi connectivity index (χ0n) is 18.4. The van der Waals surface area contributed by atoms with Crippen LogP contribution in [0.3, 0.4) is 0 Å². The number of hydrogen-bond donors (Lipinski definition) is 1. The van der Waals surface area contributed by atoms with E-state index in [1.54, 1.807) is 31.3 Å². The number of aromatic amines is 1. The van der Waals surface area contributed by atoms with Crippen molar-refractivity contribution in [3.63, 3.8) is 0 Å². The first-order valence-electron chi connectivity index (χ1n) is 10.7. The van der Waals surface area contributed by atoms with Crippen LogP contribution < -0.4 is 0 Å². The van der Waals surface area contributed by atoms with Gasteiger partial charge in [0.15, 0.2) is 0 Å². The fourth-order valence-electron chi connectivity index (χ4n) is 4.02. The van der Waals surface area contributed by atoms with E-state index >= 15 is 0 Å². The third-order valence-corrected chi connectivity index (χ3v) is 5.63. The maximum atomic E-state index is 13.0. The van der Waals surface area contributed by atoms with Crippen LogP contribution in [0, 0.1) is 6.92 Å². The minimum absolute atomic E-state index is 0.159. The summed E-state index contributed by atoms with van der Waals surface area (Å²) in [4.78, 5) is 33.4. The van der Waals surface area contributed by atoms with Crippen LogP contribution in [0.5, 0.6) is 0 Å². The zero-order valence-corrected chi connectivity index (χ0v) is 18.4. The topological polar surface area (TPSA) is 77.9 Å². The number of fused-ring (bicyclic) bond motifs is 1. The average molecular weight is 434 g/mol. The highest BCUT2D eigenvalue weighted by atomic mass is 16.2. The molecule has 0 radical (unpaired) electrons. The molecule has 0 saturated carbocycles. The second kappa shape index (κ2) is 8.31. The molecule has 162 valence electrons. The van der Waals surface area contributed by atoms with Gasteiger partial charge in [-0.15, -0.1) is 0 Å². The molecule has 0 atom stereocenters. The standard InChI is InChI=1S/C27H22N4O2/c1-17-12-13-24-21(14-17)22(26(29-24)19-8-4-3-5-9-19)16-28-23-11-7-6-10-20(23)27(33)31-25(32)15-18(2)30-31/h3-14,16,29H,15H2,1-2H3. The number of aryl methyl sites for hydroxylation is 1. The lowest BCUT2D eigenvalue weighted by Gasteiger charge is -2.11. The number of hydrogen-bond acceptors (Lipinski definition) is 4. The van der Waals surface area contributed by atoms with Gasteiger partial charge in [0.1, 0.15) is 0 Å². The predicted octanol–water partition coefficient (Wildman–Crippen LogP) is 5.64. The Labute approximate surface area is 191 Å². The molecule has 4 aromatic rings. The number of carbonyl (C=O) groups is 2. The molecule has 2 heterocycles. The Morgan fingerprint density at radius 1 is 1.03 bits per heavy atom. The van der Waals surface area contributed by atoms with Gasteiger partial charge in [0.25, 0.3) is 11.8 Å². The molecule has 6 heteroatoms. The Bertz CT molecular complexity index is 1450. The maximum Gasteiger partial charge on any atom is 0.283 e. The summed E-state index contributed by atoms with van der Waals surface area (Å²) >= 11 is 0. The van der Waals surface area contributed by atoms with Gasteiger partial charge >= 0.3 is 0 Å². The lowest BCUT2D eigenvalue weighted by Crippen LogP contribution is -2.28. The summed E-state index contributed by atoms with van der Waals surface area (Å²) < 4.78 is 0. The van der Waals surface area contributed by atoms with Crippen LogP contribution in [0.15, 0.2) is 82.9 Å². The number of aromatic nitrogens is 1. The van der Waals surface area contributed by atoms with Gasteiger partial charge in [-0.05, 0) is 43.7 Å². The molecule has 0 spiro atoms. The summed E-state index contributed by atoms with van der Waals surface area (Å²) in [6.45, 7) is 3.79. The third kappa shape index (κ3) is 3.87. The summed E-state index contributed by atoms with van der Waals surface area (Å²) in [6, 6.07) is 23.3. The van der Waals surface area contributed by atoms with Gasteiger partial charge < -0.3 is 4.98 Å². The second-order valence-corrected chi connectivity index (χ2v) is 8.13. The normalized spacial score (nSPS) is 13.8. The van der Waals surface area contributed by atoms with Crippen molar-refractivity contribution < 1.29 is 9.59 Å². The molecule has 1 aliphatic rings. The molecule has 1 aliphatic heterocycles. The van der Waals surface area contributed by atoms with Crippen molar-refractivity contribution in [2.24, 2.45) is 10.1 Å². The molecule has 0 unspecified atom stereocenters. The predicted molar refractivity (Wildman–Crippen MR) is 131 cm³/mol. The number of para-hydroxylation sites is 1. The van der Waals surface area contributed by atoms with E-state index in [4.69, 9.17) is 4.99 Å². The number of hydrazone groups is 1. The molecular weight excluding hydrogens is 412 g/mol. The van der Waals surface area contributed by atoms with Gasteiger partial charge in [-0.25, -0.2) is 0 Å². The number of carbonyl (C=O) groups excluding carboxylic acids is 2. The molecule has 6 nitrogen and oxygen atoms in total. The number of aliphatic imine (C=N–C) groups is 1. The van der Waals surface area contributed by atoms with Gasteiger partial charge in [0, 0.05) is 28.4 Å². The van der Waals surface area contributed by atoms with Crippen LogP contribution in [0.25, 0.3) is 22.2 Å². The first-order valence-corrected chi connectivity index (χ1v) is 10.7. The zero-order chi connectivity index (χ0) is 22.9. The molecule has 1 aromatic heterocycles. The third-order valence-electron chi connectivity index (χ3n) is 5.63. The van der Waals surface area contributed by atoms with Crippen molar-refractivity contribution in [1.82, 2.24) is 9.99 Å². The van der Waals surface area contributed by atoms with Gasteiger partial charge in [-0.3, -0.25) is 14.6 Å². The van der Waals surface area contributed by atoms with Crippen molar-refractivity contribution in [2.45, 2.75) is 20.3 Å². The highest BCUT2D eigenvalue weighted by Gasteiger charge is 2.29. The van der Waals surface area contributed by atoms with Gasteiger partial charge in [-0.2, -0.15) is 10.1 Å². The molecule has 2 amide bonds. The number of nitrogens with zero attached hydrogens (tertiary/aromatic N) is 3. The van der Waals surface area contributed by atoms with E-state index in [0.29, 0.717) is 17.0 Å². The van der Waals surface area contributed by atoms with Gasteiger partial charge in [0.2, 0.25) is 0 Å². The minimum Gasteiger partial charge on any atom is -0.354 e. The monoisotopic (exact) mass is 434 g/mol. The number of amides is 2. The highest BCUT2D eigenvalue weighted by Crippen LogP contribution is 2.31. The molecule has 5 rings (SSSR count). The molecule has 1 N–H and O–H groups in total. The quantitative estimate of drug-likeness (QED) is 0.333. The van der Waals surface area contributed by atoms with E-state index in [1.807, 2.05) is 36.4 Å². The van der Waals surface area contributed by atoms with Crippen LogP contribution in [-0.2, 0) is 4.79 Å². The molecule has 0 fully saturated rings. The molecule has 0 aliphatic carbocycles. The average Bonchev–Trinajstić information content (AvgIpc) is 3.36. The van der Waals surface area contributed by atoms with Crippen molar-refractivity contribution >= 4 is 40.3 Å². The first-order chi connectivity index (χ1) is 16.0. The Kier molecular flexibility index (Phi) is 5.18. The van der Waals surface area contributed by atoms with Crippen LogP contribution in [0.2, 0.25) is 0 Å². The molecule has 0 bridgehead atoms. The Morgan fingerprint density at radius 2 is 1.79 bits per heavy atom. The Balaban J connectivity index is 1.60. The minimum atomic E-state index is -0.470. The van der Waals surface area contributed by atoms with Crippen molar-refractivity contribution in [3.8, 4) is 11.3 Å². The van der Waals surface area contributed by atoms with Crippen molar-refractivity contribution in [2.75, 3.05) is 0 Å². The first kappa shape index (κ1) is 20.6. The lowest BCUT2D eigenvalue weighted by molar-refractivity contribution is -0.126. The molecule has 33 heavy (non-hydrogen) atoms. The van der Waals surface area contributed by atoms with E-state index in [0.717, 1.165) is 38.3 Å². The SMILES string of the molecule is CC1=NN(C(=O)c2ccccc2N=Cc2c(-c3ccccc3)[nH]c3ccc(C)cc23)C(=O)C1. The van der Waals surface area contributed by atoms with E-state index in [1.165, 1.54) is 0 Å². The van der Waals surface area contributed by atoms with Crippen LogP contribution in [0.1, 0.15) is 34.8 Å². The Hall–Kier alpha value is -4.32. The van der Waals surface area contributed by atoms with Gasteiger partial charge in [-0.1, -0.05) is 54.1 Å². The van der Waals surface area contributed by atoms with Crippen LogP contribution in [0.4, 0.5) is 5.69 Å². The summed E-state index contributed by atoms with van der Waals surface area (Å²) in [5.74, 6) is -0.794. The number of H-pyrrole nitrogens is 1. The number of benzene rings is 3. The largest absolute Gasteiger partial charge is 0.354 e. The number of nitrogens with one attached hydrogen (secondary N) is 1. The molecule has 0 saturated heterocycles. The fourth-order valence-corrected chi connectivity index (χ4v) is 4.02. The van der Waals surface area contributed by atoms with Crippen LogP contribution >= 0.6 is 0 Å². The number of imide groups is 1. The summed E-state index contributed by atoms with van der Waals surface area (Å²) in [7, 11) is 0. The van der Waals surface area contributed by atoms with Crippen molar-refractivity contribution in [3.05, 3.63) is 89.5 Å². The van der Waals surface area contributed by atoms with E-state index in [2.05, 4.69) is 35.2 Å². The summed E-state index contributed by atoms with van der Waals surface area (Å²) in [5.41, 5.74) is 6.53. The highest BCUT2D eigenvalue weighted by molar-refractivity contribution is 6.15. The lowest BCUT2D eigenvalue weighted by atomic mass is 10.0. The van der Waals surface area contributed by atoms with Crippen LogP contribution in [-0.4, -0.2) is 33.7 Å². The molecule has 3 aromatic carbocycles. The van der Waals surface area contributed by atoms with Gasteiger partial charge in [0.05, 0.1) is 23.4 Å². The number of rotatable bonds is 4. The molecular formula is C27H22N4O2. The van der Waals surface area contributed by atoms with Crippen molar-refractivity contribution in [1.29, 1.82) is 0 Å². The van der Waals surface area contributed by atoms with E-state index in [-0.39, 0.29) is 12.3 Å².